The summed E-state index contributed by atoms with van der Waals surface area (Å²) < 4.78 is 11.2. The van der Waals surface area contributed by atoms with E-state index in [1.54, 1.807) is 12.3 Å². The van der Waals surface area contributed by atoms with Crippen molar-refractivity contribution < 1.29 is 9.47 Å². The summed E-state index contributed by atoms with van der Waals surface area (Å²) in [5, 5.41) is 0. The minimum atomic E-state index is 0.483. The van der Waals surface area contributed by atoms with Gasteiger partial charge in [0.2, 0.25) is 5.88 Å². The van der Waals surface area contributed by atoms with Crippen LogP contribution in [-0.4, -0.2) is 47.9 Å². The molecule has 0 aliphatic carbocycles. The lowest BCUT2D eigenvalue weighted by Crippen LogP contribution is -2.38. The third-order valence-electron chi connectivity index (χ3n) is 4.11. The van der Waals surface area contributed by atoms with Crippen LogP contribution in [0.15, 0.2) is 18.3 Å². The molecule has 0 atom stereocenters. The van der Waals surface area contributed by atoms with E-state index in [1.807, 2.05) is 6.07 Å². The molecular formula is C16H19N5O2. The van der Waals surface area contributed by atoms with Crippen molar-refractivity contribution in [1.29, 1.82) is 0 Å². The zero-order chi connectivity index (χ0) is 15.6. The minimum absolute atomic E-state index is 0.483. The molecule has 0 spiro atoms. The van der Waals surface area contributed by atoms with Crippen molar-refractivity contribution in [3.63, 3.8) is 0 Å². The van der Waals surface area contributed by atoms with Gasteiger partial charge in [-0.05, 0) is 25.0 Å². The quantitative estimate of drug-likeness (QED) is 0.893. The van der Waals surface area contributed by atoms with Crippen LogP contribution in [0.1, 0.15) is 12.0 Å². The highest BCUT2D eigenvalue weighted by Gasteiger charge is 2.24. The third-order valence-corrected chi connectivity index (χ3v) is 4.11. The molecule has 7 nitrogen and oxygen atoms in total. The van der Waals surface area contributed by atoms with Gasteiger partial charge in [0.1, 0.15) is 11.6 Å². The highest BCUT2D eigenvalue weighted by molar-refractivity contribution is 5.62. The van der Waals surface area contributed by atoms with E-state index < -0.39 is 0 Å². The second kappa shape index (κ2) is 6.00. The molecule has 0 radical (unpaired) electrons. The molecule has 0 bridgehead atoms. The van der Waals surface area contributed by atoms with Crippen molar-refractivity contribution in [2.75, 3.05) is 43.5 Å². The molecule has 7 heteroatoms. The van der Waals surface area contributed by atoms with Crippen molar-refractivity contribution >= 4 is 11.6 Å². The molecule has 4 rings (SSSR count). The lowest BCUT2D eigenvalue weighted by molar-refractivity contribution is 0.122. The first-order valence-corrected chi connectivity index (χ1v) is 7.89. The molecule has 1 saturated heterocycles. The maximum Gasteiger partial charge on any atom is 0.222 e. The molecular weight excluding hydrogens is 294 g/mol. The number of fused-ring (bicyclic) bond motifs is 1. The van der Waals surface area contributed by atoms with Crippen LogP contribution in [0, 0.1) is 0 Å². The third kappa shape index (κ3) is 2.79. The molecule has 2 aliphatic heterocycles. The zero-order valence-electron chi connectivity index (χ0n) is 12.9. The van der Waals surface area contributed by atoms with Gasteiger partial charge in [-0.1, -0.05) is 0 Å². The van der Waals surface area contributed by atoms with Crippen molar-refractivity contribution in [3.8, 4) is 17.3 Å². The second-order valence-corrected chi connectivity index (χ2v) is 5.68. The molecule has 120 valence electrons. The lowest BCUT2D eigenvalue weighted by atomic mass is 10.1. The Labute approximate surface area is 134 Å². The molecule has 2 N–H and O–H groups in total. The number of morpholine rings is 1. The van der Waals surface area contributed by atoms with Gasteiger partial charge in [-0.15, -0.1) is 0 Å². The Kier molecular flexibility index (Phi) is 3.70. The van der Waals surface area contributed by atoms with Crippen LogP contribution < -0.4 is 15.4 Å². The van der Waals surface area contributed by atoms with E-state index in [0.717, 1.165) is 56.1 Å². The monoisotopic (exact) mass is 313 g/mol. The predicted molar refractivity (Wildman–Crippen MR) is 86.5 cm³/mol. The molecule has 0 saturated carbocycles. The molecule has 2 aromatic rings. The van der Waals surface area contributed by atoms with E-state index in [4.69, 9.17) is 20.2 Å². The van der Waals surface area contributed by atoms with Crippen LogP contribution in [0.3, 0.4) is 0 Å². The number of pyridine rings is 1. The number of hydrogen-bond acceptors (Lipinski definition) is 7. The van der Waals surface area contributed by atoms with E-state index in [9.17, 15) is 0 Å². The van der Waals surface area contributed by atoms with Gasteiger partial charge in [-0.2, -0.15) is 4.98 Å². The number of nitrogens with zero attached hydrogens (tertiary/aromatic N) is 4. The number of aromatic nitrogens is 3. The molecule has 0 unspecified atom stereocenters. The summed E-state index contributed by atoms with van der Waals surface area (Å²) in [5.74, 6) is 2.76. The van der Waals surface area contributed by atoms with E-state index in [2.05, 4.69) is 14.9 Å². The lowest BCUT2D eigenvalue weighted by Gasteiger charge is -2.31. The van der Waals surface area contributed by atoms with Gasteiger partial charge in [0.15, 0.2) is 5.82 Å². The zero-order valence-corrected chi connectivity index (χ0v) is 12.9. The summed E-state index contributed by atoms with van der Waals surface area (Å²) >= 11 is 0. The van der Waals surface area contributed by atoms with E-state index in [1.165, 1.54) is 0 Å². The normalized spacial score (nSPS) is 17.5. The van der Waals surface area contributed by atoms with Crippen LogP contribution >= 0.6 is 0 Å². The molecule has 0 amide bonds. The summed E-state index contributed by atoms with van der Waals surface area (Å²) in [6.07, 6.45) is 3.64. The molecule has 23 heavy (non-hydrogen) atoms. The molecule has 1 fully saturated rings. The van der Waals surface area contributed by atoms with E-state index >= 15 is 0 Å². The van der Waals surface area contributed by atoms with Crippen LogP contribution in [0.5, 0.6) is 5.88 Å². The standard InChI is InChI=1S/C16H19N5O2/c17-13-4-3-11(10-18-13)14-19-15(21-5-8-22-9-6-21)12-2-1-7-23-16(12)20-14/h3-4,10H,1-2,5-9H2,(H2,17,18). The SMILES string of the molecule is Nc1ccc(-c2nc3c(c(N4CCOCC4)n2)CCCO3)cn1. The Balaban J connectivity index is 1.79. The van der Waals surface area contributed by atoms with Crippen molar-refractivity contribution in [1.82, 2.24) is 15.0 Å². The van der Waals surface area contributed by atoms with Gasteiger partial charge in [-0.3, -0.25) is 0 Å². The van der Waals surface area contributed by atoms with Crippen molar-refractivity contribution in [3.05, 3.63) is 23.9 Å². The first-order valence-electron chi connectivity index (χ1n) is 7.89. The Morgan fingerprint density at radius 1 is 1.09 bits per heavy atom. The number of ether oxygens (including phenoxy) is 2. The van der Waals surface area contributed by atoms with Gasteiger partial charge >= 0.3 is 0 Å². The van der Waals surface area contributed by atoms with Crippen LogP contribution in [0.25, 0.3) is 11.4 Å². The fourth-order valence-corrected chi connectivity index (χ4v) is 2.91. The smallest absolute Gasteiger partial charge is 0.222 e. The summed E-state index contributed by atoms with van der Waals surface area (Å²) in [6, 6.07) is 3.64. The van der Waals surface area contributed by atoms with Gasteiger partial charge in [0.25, 0.3) is 0 Å². The Bertz CT molecular complexity index is 698. The number of nitrogens with two attached hydrogens (primary N) is 1. The van der Waals surface area contributed by atoms with Gasteiger partial charge < -0.3 is 20.1 Å². The Hall–Kier alpha value is -2.41. The molecule has 2 aromatic heterocycles. The average Bonchev–Trinajstić information content (AvgIpc) is 2.62. The number of rotatable bonds is 2. The van der Waals surface area contributed by atoms with E-state index in [0.29, 0.717) is 24.1 Å². The summed E-state index contributed by atoms with van der Waals surface area (Å²) in [5.41, 5.74) is 7.60. The highest BCUT2D eigenvalue weighted by Crippen LogP contribution is 2.33. The fourth-order valence-electron chi connectivity index (χ4n) is 2.91. The molecule has 0 aromatic carbocycles. The highest BCUT2D eigenvalue weighted by atomic mass is 16.5. The first kappa shape index (κ1) is 14.2. The number of nitrogen functional groups attached to an aromatic ring is 1. The van der Waals surface area contributed by atoms with Crippen LogP contribution in [-0.2, 0) is 11.2 Å². The maximum absolute atomic E-state index is 5.79. The summed E-state index contributed by atoms with van der Waals surface area (Å²) in [6.45, 7) is 3.81. The Morgan fingerprint density at radius 3 is 2.74 bits per heavy atom. The first-order chi connectivity index (χ1) is 11.3. The predicted octanol–water partition coefficient (Wildman–Crippen LogP) is 1.28. The largest absolute Gasteiger partial charge is 0.477 e. The number of anilines is 2. The van der Waals surface area contributed by atoms with Gasteiger partial charge in [0.05, 0.1) is 25.4 Å². The Morgan fingerprint density at radius 2 is 1.96 bits per heavy atom. The number of hydrogen-bond donors (Lipinski definition) is 1. The summed E-state index contributed by atoms with van der Waals surface area (Å²) in [4.78, 5) is 15.8. The topological polar surface area (TPSA) is 86.4 Å². The van der Waals surface area contributed by atoms with E-state index in [-0.39, 0.29) is 0 Å². The minimum Gasteiger partial charge on any atom is -0.477 e. The second-order valence-electron chi connectivity index (χ2n) is 5.68. The van der Waals surface area contributed by atoms with Crippen LogP contribution in [0.4, 0.5) is 11.6 Å². The average molecular weight is 313 g/mol. The van der Waals surface area contributed by atoms with Crippen LogP contribution in [0.2, 0.25) is 0 Å². The maximum atomic E-state index is 5.79. The molecule has 4 heterocycles. The van der Waals surface area contributed by atoms with Crippen molar-refractivity contribution in [2.45, 2.75) is 12.8 Å². The van der Waals surface area contributed by atoms with Gasteiger partial charge in [0, 0.05) is 24.8 Å². The summed E-state index contributed by atoms with van der Waals surface area (Å²) in [7, 11) is 0. The molecule has 2 aliphatic rings. The fraction of sp³-hybridized carbons (Fsp3) is 0.438. The van der Waals surface area contributed by atoms with Crippen molar-refractivity contribution in [2.24, 2.45) is 0 Å². The van der Waals surface area contributed by atoms with Gasteiger partial charge in [-0.25, -0.2) is 9.97 Å².